The predicted octanol–water partition coefficient (Wildman–Crippen LogP) is 1.85. The molecule has 0 saturated carbocycles. The van der Waals surface area contributed by atoms with E-state index in [0.29, 0.717) is 18.6 Å². The van der Waals surface area contributed by atoms with Crippen LogP contribution in [0.5, 0.6) is 0 Å². The Balaban J connectivity index is 2.11. The first-order valence-corrected chi connectivity index (χ1v) is 6.20. The Bertz CT molecular complexity index is 564. The minimum atomic E-state index is -0.248. The van der Waals surface area contributed by atoms with Crippen LogP contribution >= 0.6 is 0 Å². The highest BCUT2D eigenvalue weighted by molar-refractivity contribution is 6.43. The number of nitrogens with zero attached hydrogens (tertiary/aromatic N) is 2. The van der Waals surface area contributed by atoms with Gasteiger partial charge in [0, 0.05) is 25.6 Å². The molecule has 1 heterocycles. The van der Waals surface area contributed by atoms with Crippen LogP contribution in [-0.4, -0.2) is 29.6 Å². The summed E-state index contributed by atoms with van der Waals surface area (Å²) in [7, 11) is 1.56. The van der Waals surface area contributed by atoms with Gasteiger partial charge < -0.3 is 5.32 Å². The Morgan fingerprint density at radius 2 is 2.00 bits per heavy atom. The van der Waals surface area contributed by atoms with Crippen LogP contribution in [0.15, 0.2) is 23.3 Å². The minimum absolute atomic E-state index is 0.0669. The van der Waals surface area contributed by atoms with Gasteiger partial charge in [-0.3, -0.25) is 9.59 Å². The molecule has 0 unspecified atom stereocenters. The van der Waals surface area contributed by atoms with Gasteiger partial charge in [-0.05, 0) is 37.1 Å². The van der Waals surface area contributed by atoms with Crippen molar-refractivity contribution < 1.29 is 9.59 Å². The van der Waals surface area contributed by atoms with Gasteiger partial charge in [0.2, 0.25) is 5.91 Å². The number of hydrazone groups is 1. The van der Waals surface area contributed by atoms with Crippen LogP contribution in [0.3, 0.4) is 0 Å². The van der Waals surface area contributed by atoms with Crippen molar-refractivity contribution in [2.24, 2.45) is 5.10 Å². The summed E-state index contributed by atoms with van der Waals surface area (Å²) in [6, 6.07) is 5.74. The summed E-state index contributed by atoms with van der Waals surface area (Å²) in [6.45, 7) is 4.02. The fraction of sp³-hybridized carbons (Fsp3) is 0.357. The quantitative estimate of drug-likeness (QED) is 0.881. The SMILES string of the molecule is Cc1ccc(NC(=O)C2=NN(C)C(=O)CC2)cc1C. The Morgan fingerprint density at radius 3 is 2.63 bits per heavy atom. The van der Waals surface area contributed by atoms with Crippen molar-refractivity contribution in [2.75, 3.05) is 12.4 Å². The van der Waals surface area contributed by atoms with Crippen molar-refractivity contribution in [1.82, 2.24) is 5.01 Å². The van der Waals surface area contributed by atoms with Crippen molar-refractivity contribution in [1.29, 1.82) is 0 Å². The van der Waals surface area contributed by atoms with Crippen LogP contribution in [0.25, 0.3) is 0 Å². The molecule has 2 rings (SSSR count). The van der Waals surface area contributed by atoms with Crippen LogP contribution < -0.4 is 5.32 Å². The number of aryl methyl sites for hydroxylation is 2. The highest BCUT2D eigenvalue weighted by Crippen LogP contribution is 2.15. The van der Waals surface area contributed by atoms with Gasteiger partial charge in [-0.25, -0.2) is 5.01 Å². The van der Waals surface area contributed by atoms with Gasteiger partial charge in [-0.2, -0.15) is 5.10 Å². The van der Waals surface area contributed by atoms with E-state index in [-0.39, 0.29) is 11.8 Å². The molecule has 0 saturated heterocycles. The fourth-order valence-corrected chi connectivity index (χ4v) is 1.86. The second kappa shape index (κ2) is 5.22. The third kappa shape index (κ3) is 2.99. The molecular weight excluding hydrogens is 242 g/mol. The molecule has 0 spiro atoms. The molecule has 2 amide bonds. The number of hydrogen-bond acceptors (Lipinski definition) is 3. The van der Waals surface area contributed by atoms with E-state index in [0.717, 1.165) is 11.3 Å². The largest absolute Gasteiger partial charge is 0.321 e. The first kappa shape index (κ1) is 13.3. The van der Waals surface area contributed by atoms with E-state index in [1.807, 2.05) is 32.0 Å². The van der Waals surface area contributed by atoms with Crippen LogP contribution in [0, 0.1) is 13.8 Å². The normalized spacial score (nSPS) is 15.2. The molecule has 0 bridgehead atoms. The molecule has 0 atom stereocenters. The number of benzene rings is 1. The average Bonchev–Trinajstić information content (AvgIpc) is 2.37. The van der Waals surface area contributed by atoms with E-state index in [9.17, 15) is 9.59 Å². The Morgan fingerprint density at radius 1 is 1.26 bits per heavy atom. The summed E-state index contributed by atoms with van der Waals surface area (Å²) in [6.07, 6.45) is 0.718. The van der Waals surface area contributed by atoms with E-state index >= 15 is 0 Å². The molecule has 1 aliphatic heterocycles. The van der Waals surface area contributed by atoms with Crippen molar-refractivity contribution in [2.45, 2.75) is 26.7 Å². The number of anilines is 1. The molecular formula is C14H17N3O2. The second-order valence-electron chi connectivity index (χ2n) is 4.72. The standard InChI is InChI=1S/C14H17N3O2/c1-9-4-5-11(8-10(9)2)15-14(19)12-6-7-13(18)17(3)16-12/h4-5,8H,6-7H2,1-3H3,(H,15,19). The fourth-order valence-electron chi connectivity index (χ4n) is 1.86. The summed E-state index contributed by atoms with van der Waals surface area (Å²) >= 11 is 0. The van der Waals surface area contributed by atoms with Gasteiger partial charge in [-0.1, -0.05) is 6.07 Å². The molecule has 0 aromatic heterocycles. The summed E-state index contributed by atoms with van der Waals surface area (Å²) in [4.78, 5) is 23.3. The van der Waals surface area contributed by atoms with Crippen molar-refractivity contribution in [3.05, 3.63) is 29.3 Å². The number of carbonyl (C=O) groups is 2. The third-order valence-corrected chi connectivity index (χ3v) is 3.23. The molecule has 5 nitrogen and oxygen atoms in total. The topological polar surface area (TPSA) is 61.8 Å². The lowest BCUT2D eigenvalue weighted by atomic mass is 10.1. The number of hydrogen-bond donors (Lipinski definition) is 1. The van der Waals surface area contributed by atoms with Crippen LogP contribution in [0.4, 0.5) is 5.69 Å². The highest BCUT2D eigenvalue weighted by atomic mass is 16.2. The molecule has 1 aromatic rings. The maximum atomic E-state index is 12.0. The lowest BCUT2D eigenvalue weighted by Crippen LogP contribution is -2.34. The zero-order valence-electron chi connectivity index (χ0n) is 11.4. The smallest absolute Gasteiger partial charge is 0.271 e. The van der Waals surface area contributed by atoms with Gasteiger partial charge in [-0.15, -0.1) is 0 Å². The van der Waals surface area contributed by atoms with Crippen LogP contribution in [0.2, 0.25) is 0 Å². The number of nitrogens with one attached hydrogen (secondary N) is 1. The summed E-state index contributed by atoms with van der Waals surface area (Å²) < 4.78 is 0. The van der Waals surface area contributed by atoms with Crippen molar-refractivity contribution in [3.8, 4) is 0 Å². The van der Waals surface area contributed by atoms with Gasteiger partial charge in [0.15, 0.2) is 0 Å². The van der Waals surface area contributed by atoms with E-state index < -0.39 is 0 Å². The lowest BCUT2D eigenvalue weighted by molar-refractivity contribution is -0.130. The molecule has 100 valence electrons. The summed E-state index contributed by atoms with van der Waals surface area (Å²) in [5, 5.41) is 8.02. The molecule has 5 heteroatoms. The zero-order valence-corrected chi connectivity index (χ0v) is 11.4. The van der Waals surface area contributed by atoms with E-state index in [1.165, 1.54) is 10.6 Å². The van der Waals surface area contributed by atoms with Gasteiger partial charge in [0.1, 0.15) is 5.71 Å². The molecule has 1 aromatic carbocycles. The molecule has 0 radical (unpaired) electrons. The monoisotopic (exact) mass is 259 g/mol. The minimum Gasteiger partial charge on any atom is -0.321 e. The summed E-state index contributed by atoms with van der Waals surface area (Å²) in [5.74, 6) is -0.315. The molecule has 1 N–H and O–H groups in total. The van der Waals surface area contributed by atoms with Gasteiger partial charge in [0.05, 0.1) is 0 Å². The van der Waals surface area contributed by atoms with Crippen molar-refractivity contribution in [3.63, 3.8) is 0 Å². The third-order valence-electron chi connectivity index (χ3n) is 3.23. The second-order valence-corrected chi connectivity index (χ2v) is 4.72. The van der Waals surface area contributed by atoms with Gasteiger partial charge in [0.25, 0.3) is 5.91 Å². The van der Waals surface area contributed by atoms with Crippen LogP contribution in [-0.2, 0) is 9.59 Å². The van der Waals surface area contributed by atoms with Gasteiger partial charge >= 0.3 is 0 Å². The first-order chi connectivity index (χ1) is 8.97. The molecule has 19 heavy (non-hydrogen) atoms. The molecule has 1 aliphatic rings. The molecule has 0 aliphatic carbocycles. The number of rotatable bonds is 2. The maximum Gasteiger partial charge on any atom is 0.271 e. The van der Waals surface area contributed by atoms with Crippen molar-refractivity contribution >= 4 is 23.2 Å². The summed E-state index contributed by atoms with van der Waals surface area (Å²) in [5.41, 5.74) is 3.43. The maximum absolute atomic E-state index is 12.0. The highest BCUT2D eigenvalue weighted by Gasteiger charge is 2.21. The Hall–Kier alpha value is -2.17. The predicted molar refractivity (Wildman–Crippen MR) is 74.0 cm³/mol. The average molecular weight is 259 g/mol. The number of amides is 2. The zero-order chi connectivity index (χ0) is 14.0. The van der Waals surface area contributed by atoms with E-state index in [4.69, 9.17) is 0 Å². The van der Waals surface area contributed by atoms with Crippen LogP contribution in [0.1, 0.15) is 24.0 Å². The molecule has 0 fully saturated rings. The Labute approximate surface area is 112 Å². The Kier molecular flexibility index (Phi) is 3.64. The van der Waals surface area contributed by atoms with E-state index in [2.05, 4.69) is 10.4 Å². The number of carbonyl (C=O) groups excluding carboxylic acids is 2. The van der Waals surface area contributed by atoms with E-state index in [1.54, 1.807) is 7.05 Å². The lowest BCUT2D eigenvalue weighted by Gasteiger charge is -2.19. The first-order valence-electron chi connectivity index (χ1n) is 6.20.